The van der Waals surface area contributed by atoms with E-state index in [0.717, 1.165) is 48.2 Å². The number of rotatable bonds is 9. The van der Waals surface area contributed by atoms with E-state index in [2.05, 4.69) is 31.0 Å². The topological polar surface area (TPSA) is 60.2 Å². The van der Waals surface area contributed by atoms with Crippen molar-refractivity contribution >= 4 is 17.7 Å². The van der Waals surface area contributed by atoms with E-state index in [1.165, 1.54) is 11.8 Å². The highest BCUT2D eigenvalue weighted by atomic mass is 32.2. The van der Waals surface area contributed by atoms with Crippen LogP contribution in [0.1, 0.15) is 33.6 Å². The standard InChI is InChI=1S/C20H28N4O2S/c1-5-23-19(16-8-6-7-9-17(16)26-4)21-22-20(23)27-13-18(25)24(12-14(2)3)15-10-11-15/h6-9,14-15H,5,10-13H2,1-4H3. The second kappa shape index (κ2) is 8.78. The summed E-state index contributed by atoms with van der Waals surface area (Å²) in [6, 6.07) is 8.23. The van der Waals surface area contributed by atoms with Gasteiger partial charge in [0.1, 0.15) is 5.75 Å². The Hall–Kier alpha value is -2.02. The number of carbonyl (C=O) groups is 1. The Bertz CT molecular complexity index is 786. The molecule has 0 bridgehead atoms. The van der Waals surface area contributed by atoms with Crippen LogP contribution in [-0.2, 0) is 11.3 Å². The first kappa shape index (κ1) is 19.7. The van der Waals surface area contributed by atoms with Crippen LogP contribution in [0.5, 0.6) is 5.75 Å². The molecule has 7 heteroatoms. The quantitative estimate of drug-likeness (QED) is 0.613. The fraction of sp³-hybridized carbons (Fsp3) is 0.550. The van der Waals surface area contributed by atoms with E-state index < -0.39 is 0 Å². The molecule has 0 unspecified atom stereocenters. The van der Waals surface area contributed by atoms with Gasteiger partial charge in [0.15, 0.2) is 11.0 Å². The van der Waals surface area contributed by atoms with Crippen molar-refractivity contribution in [1.29, 1.82) is 0 Å². The van der Waals surface area contributed by atoms with Gasteiger partial charge in [-0.15, -0.1) is 10.2 Å². The molecular weight excluding hydrogens is 360 g/mol. The van der Waals surface area contributed by atoms with Crippen molar-refractivity contribution < 1.29 is 9.53 Å². The van der Waals surface area contributed by atoms with Gasteiger partial charge >= 0.3 is 0 Å². The third kappa shape index (κ3) is 4.64. The maximum absolute atomic E-state index is 12.7. The lowest BCUT2D eigenvalue weighted by molar-refractivity contribution is -0.129. The number of ether oxygens (including phenoxy) is 1. The predicted octanol–water partition coefficient (Wildman–Crippen LogP) is 3.71. The Morgan fingerprint density at radius 1 is 1.33 bits per heavy atom. The second-order valence-electron chi connectivity index (χ2n) is 7.21. The van der Waals surface area contributed by atoms with Crippen LogP contribution in [0.2, 0.25) is 0 Å². The minimum atomic E-state index is 0.195. The van der Waals surface area contributed by atoms with Crippen LogP contribution >= 0.6 is 11.8 Å². The van der Waals surface area contributed by atoms with Crippen LogP contribution in [0, 0.1) is 5.92 Å². The molecule has 0 N–H and O–H groups in total. The van der Waals surface area contributed by atoms with Gasteiger partial charge in [0, 0.05) is 19.1 Å². The predicted molar refractivity (Wildman–Crippen MR) is 108 cm³/mol. The maximum Gasteiger partial charge on any atom is 0.233 e. The van der Waals surface area contributed by atoms with E-state index in [4.69, 9.17) is 4.74 Å². The fourth-order valence-corrected chi connectivity index (χ4v) is 4.04. The molecule has 1 saturated carbocycles. The zero-order valence-corrected chi connectivity index (χ0v) is 17.3. The molecular formula is C20H28N4O2S. The minimum Gasteiger partial charge on any atom is -0.496 e. The summed E-state index contributed by atoms with van der Waals surface area (Å²) in [7, 11) is 1.65. The molecule has 1 aliphatic carbocycles. The van der Waals surface area contributed by atoms with Crippen molar-refractivity contribution in [2.24, 2.45) is 5.92 Å². The summed E-state index contributed by atoms with van der Waals surface area (Å²) >= 11 is 1.47. The largest absolute Gasteiger partial charge is 0.496 e. The number of hydrogen-bond acceptors (Lipinski definition) is 5. The van der Waals surface area contributed by atoms with E-state index in [0.29, 0.717) is 17.7 Å². The maximum atomic E-state index is 12.7. The SMILES string of the molecule is CCn1c(SCC(=O)N(CC(C)C)C2CC2)nnc1-c1ccccc1OC. The summed E-state index contributed by atoms with van der Waals surface area (Å²) in [6.07, 6.45) is 2.26. The Kier molecular flexibility index (Phi) is 6.42. The van der Waals surface area contributed by atoms with Gasteiger partial charge in [0.2, 0.25) is 5.91 Å². The number of hydrogen-bond donors (Lipinski definition) is 0. The monoisotopic (exact) mass is 388 g/mol. The molecule has 0 atom stereocenters. The first-order chi connectivity index (χ1) is 13.0. The smallest absolute Gasteiger partial charge is 0.233 e. The van der Waals surface area contributed by atoms with Crippen LogP contribution < -0.4 is 4.74 Å². The van der Waals surface area contributed by atoms with E-state index >= 15 is 0 Å². The van der Waals surface area contributed by atoms with Gasteiger partial charge in [-0.3, -0.25) is 4.79 Å². The number of amides is 1. The average molecular weight is 389 g/mol. The molecule has 1 heterocycles. The molecule has 146 valence electrons. The van der Waals surface area contributed by atoms with Crippen LogP contribution in [0.3, 0.4) is 0 Å². The molecule has 0 saturated heterocycles. The van der Waals surface area contributed by atoms with Gasteiger partial charge in [0.25, 0.3) is 0 Å². The van der Waals surface area contributed by atoms with Gasteiger partial charge in [-0.05, 0) is 37.8 Å². The van der Waals surface area contributed by atoms with Crippen LogP contribution in [0.25, 0.3) is 11.4 Å². The minimum absolute atomic E-state index is 0.195. The third-order valence-electron chi connectivity index (χ3n) is 4.58. The highest BCUT2D eigenvalue weighted by Crippen LogP contribution is 2.32. The molecule has 1 amide bonds. The number of methoxy groups -OCH3 is 1. The van der Waals surface area contributed by atoms with Crippen LogP contribution in [0.15, 0.2) is 29.4 Å². The summed E-state index contributed by atoms with van der Waals surface area (Å²) in [5, 5.41) is 9.48. The van der Waals surface area contributed by atoms with Gasteiger partial charge in [-0.1, -0.05) is 37.7 Å². The first-order valence-electron chi connectivity index (χ1n) is 9.54. The van der Waals surface area contributed by atoms with Crippen LogP contribution in [0.4, 0.5) is 0 Å². The number of benzene rings is 1. The van der Waals surface area contributed by atoms with Crippen LogP contribution in [-0.4, -0.2) is 51.0 Å². The molecule has 27 heavy (non-hydrogen) atoms. The van der Waals surface area contributed by atoms with Crippen molar-refractivity contribution in [3.05, 3.63) is 24.3 Å². The fourth-order valence-electron chi connectivity index (χ4n) is 3.15. The lowest BCUT2D eigenvalue weighted by Crippen LogP contribution is -2.37. The summed E-state index contributed by atoms with van der Waals surface area (Å²) in [5.74, 6) is 2.61. The first-order valence-corrected chi connectivity index (χ1v) is 10.5. The van der Waals surface area contributed by atoms with Gasteiger partial charge in [-0.2, -0.15) is 0 Å². The summed E-state index contributed by atoms with van der Waals surface area (Å²) in [6.45, 7) is 7.93. The van der Waals surface area contributed by atoms with Gasteiger partial charge < -0.3 is 14.2 Å². The van der Waals surface area contributed by atoms with Crippen molar-refractivity contribution in [1.82, 2.24) is 19.7 Å². The highest BCUT2D eigenvalue weighted by molar-refractivity contribution is 7.99. The molecule has 6 nitrogen and oxygen atoms in total. The van der Waals surface area contributed by atoms with Gasteiger partial charge in [0.05, 0.1) is 18.4 Å². The van der Waals surface area contributed by atoms with Crippen molar-refractivity contribution in [2.75, 3.05) is 19.4 Å². The molecule has 0 aliphatic heterocycles. The molecule has 0 spiro atoms. The number of para-hydroxylation sites is 1. The molecule has 0 radical (unpaired) electrons. The number of nitrogens with zero attached hydrogens (tertiary/aromatic N) is 4. The van der Waals surface area contributed by atoms with Crippen molar-refractivity contribution in [3.63, 3.8) is 0 Å². The highest BCUT2D eigenvalue weighted by Gasteiger charge is 2.32. The van der Waals surface area contributed by atoms with Gasteiger partial charge in [-0.25, -0.2) is 0 Å². The molecule has 2 aromatic rings. The Labute approximate surface area is 165 Å². The number of carbonyl (C=O) groups excluding carboxylic acids is 1. The summed E-state index contributed by atoms with van der Waals surface area (Å²) in [4.78, 5) is 14.8. The molecule has 1 aromatic carbocycles. The third-order valence-corrected chi connectivity index (χ3v) is 5.53. The van der Waals surface area contributed by atoms with E-state index in [9.17, 15) is 4.79 Å². The van der Waals surface area contributed by atoms with Crippen molar-refractivity contribution in [3.8, 4) is 17.1 Å². The Morgan fingerprint density at radius 2 is 2.07 bits per heavy atom. The lowest BCUT2D eigenvalue weighted by atomic mass is 10.2. The average Bonchev–Trinajstić information content (AvgIpc) is 3.43. The Balaban J connectivity index is 1.74. The normalized spacial score (nSPS) is 13.8. The Morgan fingerprint density at radius 3 is 2.70 bits per heavy atom. The lowest BCUT2D eigenvalue weighted by Gasteiger charge is -2.24. The second-order valence-corrected chi connectivity index (χ2v) is 8.15. The van der Waals surface area contributed by atoms with E-state index in [1.54, 1.807) is 7.11 Å². The van der Waals surface area contributed by atoms with Crippen molar-refractivity contribution in [2.45, 2.75) is 51.4 Å². The molecule has 3 rings (SSSR count). The summed E-state index contributed by atoms with van der Waals surface area (Å²) in [5.41, 5.74) is 0.909. The molecule has 1 aliphatic rings. The summed E-state index contributed by atoms with van der Waals surface area (Å²) < 4.78 is 7.50. The molecule has 1 aromatic heterocycles. The van der Waals surface area contributed by atoms with E-state index in [-0.39, 0.29) is 5.91 Å². The zero-order valence-electron chi connectivity index (χ0n) is 16.5. The number of thioether (sulfide) groups is 1. The number of aromatic nitrogens is 3. The molecule has 1 fully saturated rings. The van der Waals surface area contributed by atoms with E-state index in [1.807, 2.05) is 33.7 Å². The zero-order chi connectivity index (χ0) is 19.4.